The number of nitrogens with one attached hydrogen (secondary N) is 2. The Balaban J connectivity index is 1.65. The second-order valence-corrected chi connectivity index (χ2v) is 6.22. The highest BCUT2D eigenvalue weighted by molar-refractivity contribution is 5.85. The van der Waals surface area contributed by atoms with E-state index >= 15 is 0 Å². The number of rotatable bonds is 6. The zero-order valence-electron chi connectivity index (χ0n) is 14.5. The molecule has 0 atom stereocenters. The van der Waals surface area contributed by atoms with Gasteiger partial charge in [0.2, 0.25) is 0 Å². The lowest BCUT2D eigenvalue weighted by atomic mass is 9.91. The molecule has 6 heteroatoms. The van der Waals surface area contributed by atoms with Crippen molar-refractivity contribution in [3.8, 4) is 0 Å². The van der Waals surface area contributed by atoms with Crippen LogP contribution in [0, 0.1) is 0 Å². The van der Waals surface area contributed by atoms with Gasteiger partial charge in [0.05, 0.1) is 11.0 Å². The average molecular weight is 330 g/mol. The number of hydrogen-bond acceptors (Lipinski definition) is 4. The number of fused-ring (bicyclic) bond motifs is 1. The highest BCUT2D eigenvalue weighted by Gasteiger charge is 2.39. The average Bonchev–Trinajstić information content (AvgIpc) is 2.99. The molecular weight excluding hydrogens is 304 g/mol. The van der Waals surface area contributed by atoms with Crippen molar-refractivity contribution < 1.29 is 9.53 Å². The smallest absolute Gasteiger partial charge is 0.252 e. The molecule has 130 valence electrons. The Kier molecular flexibility index (Phi) is 5.16. The SMILES string of the molecule is CCn1c(CCNC(=O)C2(OC)CCNCC2)nc2ccccc21. The van der Waals surface area contributed by atoms with Gasteiger partial charge in [0.15, 0.2) is 0 Å². The summed E-state index contributed by atoms with van der Waals surface area (Å²) in [5.41, 5.74) is 1.47. The van der Waals surface area contributed by atoms with Gasteiger partial charge < -0.3 is 19.9 Å². The van der Waals surface area contributed by atoms with E-state index in [4.69, 9.17) is 9.72 Å². The predicted molar refractivity (Wildman–Crippen MR) is 94.0 cm³/mol. The van der Waals surface area contributed by atoms with Crippen molar-refractivity contribution in [2.45, 2.75) is 38.3 Å². The van der Waals surface area contributed by atoms with Crippen molar-refractivity contribution >= 4 is 16.9 Å². The molecule has 0 bridgehead atoms. The number of methoxy groups -OCH3 is 1. The molecule has 1 aliphatic heterocycles. The lowest BCUT2D eigenvalue weighted by Crippen LogP contribution is -2.54. The number of imidazole rings is 1. The third-order valence-corrected chi connectivity index (χ3v) is 4.90. The number of amides is 1. The van der Waals surface area contributed by atoms with E-state index in [2.05, 4.69) is 28.2 Å². The number of hydrogen-bond donors (Lipinski definition) is 2. The van der Waals surface area contributed by atoms with Crippen LogP contribution in [0.2, 0.25) is 0 Å². The third-order valence-electron chi connectivity index (χ3n) is 4.90. The maximum absolute atomic E-state index is 12.6. The summed E-state index contributed by atoms with van der Waals surface area (Å²) in [6, 6.07) is 8.14. The highest BCUT2D eigenvalue weighted by atomic mass is 16.5. The molecule has 1 aromatic heterocycles. The lowest BCUT2D eigenvalue weighted by Gasteiger charge is -2.34. The molecule has 0 saturated carbocycles. The molecule has 0 spiro atoms. The summed E-state index contributed by atoms with van der Waals surface area (Å²) in [6.07, 6.45) is 2.14. The molecule has 2 heterocycles. The Morgan fingerprint density at radius 3 is 2.83 bits per heavy atom. The molecule has 1 amide bonds. The minimum Gasteiger partial charge on any atom is -0.368 e. The van der Waals surface area contributed by atoms with Gasteiger partial charge in [-0.3, -0.25) is 4.79 Å². The van der Waals surface area contributed by atoms with Crippen LogP contribution < -0.4 is 10.6 Å². The maximum Gasteiger partial charge on any atom is 0.252 e. The molecule has 0 unspecified atom stereocenters. The monoisotopic (exact) mass is 330 g/mol. The number of nitrogens with zero attached hydrogens (tertiary/aromatic N) is 2. The van der Waals surface area contributed by atoms with E-state index in [1.807, 2.05) is 18.2 Å². The molecule has 0 aliphatic carbocycles. The molecule has 1 fully saturated rings. The molecule has 6 nitrogen and oxygen atoms in total. The summed E-state index contributed by atoms with van der Waals surface area (Å²) in [5.74, 6) is 1.00. The van der Waals surface area contributed by atoms with Crippen LogP contribution in [0.3, 0.4) is 0 Å². The fourth-order valence-corrected chi connectivity index (χ4v) is 3.47. The zero-order valence-corrected chi connectivity index (χ0v) is 14.5. The summed E-state index contributed by atoms with van der Waals surface area (Å²) in [6.45, 7) is 5.18. The first kappa shape index (κ1) is 16.9. The van der Waals surface area contributed by atoms with Gasteiger partial charge >= 0.3 is 0 Å². The van der Waals surface area contributed by atoms with Crippen LogP contribution in [-0.4, -0.2) is 47.8 Å². The molecule has 0 radical (unpaired) electrons. The predicted octanol–water partition coefficient (Wildman–Crippen LogP) is 1.48. The highest BCUT2D eigenvalue weighted by Crippen LogP contribution is 2.22. The van der Waals surface area contributed by atoms with Gasteiger partial charge in [0, 0.05) is 26.6 Å². The topological polar surface area (TPSA) is 68.2 Å². The Morgan fingerprint density at radius 2 is 2.12 bits per heavy atom. The third kappa shape index (κ3) is 3.16. The van der Waals surface area contributed by atoms with Crippen molar-refractivity contribution in [1.82, 2.24) is 20.2 Å². The van der Waals surface area contributed by atoms with Gasteiger partial charge in [-0.05, 0) is 45.0 Å². The van der Waals surface area contributed by atoms with Gasteiger partial charge in [-0.1, -0.05) is 12.1 Å². The Labute approximate surface area is 142 Å². The fourth-order valence-electron chi connectivity index (χ4n) is 3.47. The van der Waals surface area contributed by atoms with Gasteiger partial charge in [-0.2, -0.15) is 0 Å². The van der Waals surface area contributed by atoms with Crippen LogP contribution in [0.5, 0.6) is 0 Å². The summed E-state index contributed by atoms with van der Waals surface area (Å²) in [7, 11) is 1.63. The molecule has 2 N–H and O–H groups in total. The number of carbonyl (C=O) groups is 1. The van der Waals surface area contributed by atoms with Crippen molar-refractivity contribution in [3.05, 3.63) is 30.1 Å². The fraction of sp³-hybridized carbons (Fsp3) is 0.556. The number of carbonyl (C=O) groups excluding carboxylic acids is 1. The summed E-state index contributed by atoms with van der Waals surface area (Å²) < 4.78 is 7.77. The van der Waals surface area contributed by atoms with Crippen LogP contribution in [0.15, 0.2) is 24.3 Å². The molecule has 2 aromatic rings. The minimum atomic E-state index is -0.684. The van der Waals surface area contributed by atoms with Gasteiger partial charge in [-0.15, -0.1) is 0 Å². The van der Waals surface area contributed by atoms with E-state index in [1.165, 1.54) is 0 Å². The van der Waals surface area contributed by atoms with Gasteiger partial charge in [0.1, 0.15) is 11.4 Å². The first-order valence-electron chi connectivity index (χ1n) is 8.68. The summed E-state index contributed by atoms with van der Waals surface area (Å²) in [4.78, 5) is 17.3. The van der Waals surface area contributed by atoms with Crippen molar-refractivity contribution in [2.75, 3.05) is 26.7 Å². The van der Waals surface area contributed by atoms with Gasteiger partial charge in [-0.25, -0.2) is 4.98 Å². The molecular formula is C18H26N4O2. The number of benzene rings is 1. The quantitative estimate of drug-likeness (QED) is 0.842. The molecule has 3 rings (SSSR count). The number of ether oxygens (including phenoxy) is 1. The van der Waals surface area contributed by atoms with Crippen molar-refractivity contribution in [3.63, 3.8) is 0 Å². The van der Waals surface area contributed by atoms with E-state index in [9.17, 15) is 4.79 Å². The second kappa shape index (κ2) is 7.32. The summed E-state index contributed by atoms with van der Waals surface area (Å²) in [5, 5.41) is 6.31. The van der Waals surface area contributed by atoms with Gasteiger partial charge in [0.25, 0.3) is 5.91 Å². The van der Waals surface area contributed by atoms with E-state index in [0.717, 1.165) is 36.5 Å². The largest absolute Gasteiger partial charge is 0.368 e. The van der Waals surface area contributed by atoms with E-state index in [0.29, 0.717) is 25.8 Å². The van der Waals surface area contributed by atoms with Crippen LogP contribution in [0.25, 0.3) is 11.0 Å². The maximum atomic E-state index is 12.6. The zero-order chi connectivity index (χ0) is 17.0. The standard InChI is InChI=1S/C18H26N4O2/c1-3-22-15-7-5-4-6-14(15)21-16(22)8-11-20-17(23)18(24-2)9-12-19-13-10-18/h4-7,19H,3,8-13H2,1-2H3,(H,20,23). The molecule has 24 heavy (non-hydrogen) atoms. The number of piperidine rings is 1. The lowest BCUT2D eigenvalue weighted by molar-refractivity contribution is -0.146. The Morgan fingerprint density at radius 1 is 1.38 bits per heavy atom. The van der Waals surface area contributed by atoms with Crippen LogP contribution >= 0.6 is 0 Å². The Hall–Kier alpha value is -1.92. The normalized spacial score (nSPS) is 17.1. The van der Waals surface area contributed by atoms with E-state index < -0.39 is 5.60 Å². The van der Waals surface area contributed by atoms with Crippen LogP contribution in [0.4, 0.5) is 0 Å². The molecule has 1 saturated heterocycles. The minimum absolute atomic E-state index is 0.00865. The van der Waals surface area contributed by atoms with Crippen LogP contribution in [-0.2, 0) is 22.5 Å². The Bertz CT molecular complexity index is 704. The number of para-hydroxylation sites is 2. The van der Waals surface area contributed by atoms with E-state index in [1.54, 1.807) is 7.11 Å². The molecule has 1 aromatic carbocycles. The second-order valence-electron chi connectivity index (χ2n) is 6.22. The molecule has 1 aliphatic rings. The van der Waals surface area contributed by atoms with Crippen LogP contribution in [0.1, 0.15) is 25.6 Å². The van der Waals surface area contributed by atoms with Crippen molar-refractivity contribution in [1.29, 1.82) is 0 Å². The summed E-state index contributed by atoms with van der Waals surface area (Å²) >= 11 is 0. The number of aromatic nitrogens is 2. The first-order chi connectivity index (χ1) is 11.7. The first-order valence-corrected chi connectivity index (χ1v) is 8.68. The van der Waals surface area contributed by atoms with Crippen molar-refractivity contribution in [2.24, 2.45) is 0 Å². The number of aryl methyl sites for hydroxylation is 1. The van der Waals surface area contributed by atoms with E-state index in [-0.39, 0.29) is 5.91 Å².